The van der Waals surface area contributed by atoms with Gasteiger partial charge in [0, 0.05) is 0 Å². The van der Waals surface area contributed by atoms with Gasteiger partial charge in [-0.1, -0.05) is 0 Å². The average molecular weight is 349 g/mol. The van der Waals surface area contributed by atoms with Crippen LogP contribution in [0.25, 0.3) is 3.58 Å². The molecule has 0 unspecified atom stereocenters. The minimum absolute atomic E-state index is 0.784. The van der Waals surface area contributed by atoms with E-state index in [1.54, 1.807) is 4.47 Å². The third-order valence-corrected chi connectivity index (χ3v) is 6.81. The summed E-state index contributed by atoms with van der Waals surface area (Å²) in [7, 11) is 0. The molecule has 0 aliphatic carbocycles. The van der Waals surface area contributed by atoms with Crippen molar-refractivity contribution in [2.75, 3.05) is 0 Å². The summed E-state index contributed by atoms with van der Waals surface area (Å²) in [4.78, 5) is 0. The number of allylic oxidation sites excluding steroid dienone is 1. The number of hydrogen-bond acceptors (Lipinski definition) is 0. The van der Waals surface area contributed by atoms with Crippen LogP contribution in [0.2, 0.25) is 5.32 Å². The summed E-state index contributed by atoms with van der Waals surface area (Å²) in [6.07, 6.45) is 2.75. The van der Waals surface area contributed by atoms with Gasteiger partial charge in [-0.2, -0.15) is 0 Å². The van der Waals surface area contributed by atoms with Gasteiger partial charge in [-0.05, 0) is 0 Å². The zero-order chi connectivity index (χ0) is 9.10. The molecule has 13 heavy (non-hydrogen) atoms. The van der Waals surface area contributed by atoms with Crippen LogP contribution in [0.5, 0.6) is 0 Å². The summed E-state index contributed by atoms with van der Waals surface area (Å²) in [6.45, 7) is 0. The summed E-state index contributed by atoms with van der Waals surface area (Å²) in [5.74, 6) is 0. The fraction of sp³-hybridized carbons (Fsp3) is 0.273. The van der Waals surface area contributed by atoms with Gasteiger partial charge >= 0.3 is 99.7 Å². The zero-order valence-electron chi connectivity index (χ0n) is 7.29. The van der Waals surface area contributed by atoms with Crippen molar-refractivity contribution < 1.29 is 0 Å². The second-order valence-electron chi connectivity index (χ2n) is 3.06. The van der Waals surface area contributed by atoms with E-state index in [4.69, 9.17) is 0 Å². The molecule has 2 heteroatoms. The first kappa shape index (κ1) is 9.75. The molecule has 2 rings (SSSR count). The summed E-state index contributed by atoms with van der Waals surface area (Å²) in [5, 5.41) is 1.45. The number of benzene rings is 1. The molecule has 0 amide bonds. The van der Waals surface area contributed by atoms with E-state index >= 15 is 0 Å². The molecule has 0 saturated carbocycles. The standard InChI is InChI=1S/C11H11ISe/c12-11(10-7-4-8-13-10)9-5-2-1-3-6-9/h1-3,5-6H,4,7-8H2/b11-10+. The summed E-state index contributed by atoms with van der Waals surface area (Å²) < 4.78 is 3.23. The van der Waals surface area contributed by atoms with Crippen molar-refractivity contribution >= 4 is 41.1 Å². The molecule has 0 spiro atoms. The SMILES string of the molecule is I/C(=C1\CCC[Se]1)c1ccccc1. The van der Waals surface area contributed by atoms with Crippen LogP contribution in [0.15, 0.2) is 34.8 Å². The van der Waals surface area contributed by atoms with Crippen LogP contribution in [0.3, 0.4) is 0 Å². The van der Waals surface area contributed by atoms with E-state index in [9.17, 15) is 0 Å². The van der Waals surface area contributed by atoms with Crippen molar-refractivity contribution in [3.05, 3.63) is 40.4 Å². The predicted molar refractivity (Wildman–Crippen MR) is 67.2 cm³/mol. The normalized spacial score (nSPS) is 20.4. The van der Waals surface area contributed by atoms with Gasteiger partial charge in [-0.25, -0.2) is 0 Å². The van der Waals surface area contributed by atoms with E-state index in [0.717, 1.165) is 15.0 Å². The van der Waals surface area contributed by atoms with E-state index in [1.807, 2.05) is 0 Å². The predicted octanol–water partition coefficient (Wildman–Crippen LogP) is 3.71. The summed E-state index contributed by atoms with van der Waals surface area (Å²) >= 11 is 3.29. The first-order chi connectivity index (χ1) is 6.38. The second-order valence-corrected chi connectivity index (χ2v) is 6.63. The molecule has 1 saturated heterocycles. The molecule has 1 aliphatic rings. The van der Waals surface area contributed by atoms with Crippen molar-refractivity contribution in [3.8, 4) is 0 Å². The second kappa shape index (κ2) is 4.63. The average Bonchev–Trinajstić information content (AvgIpc) is 2.71. The molecule has 0 N–H and O–H groups in total. The molecule has 0 aromatic heterocycles. The Hall–Kier alpha value is 0.209. The molecule has 0 radical (unpaired) electrons. The first-order valence-corrected chi connectivity index (χ1v) is 7.59. The molecule has 1 aromatic carbocycles. The van der Waals surface area contributed by atoms with Crippen LogP contribution in [0, 0.1) is 0 Å². The third kappa shape index (κ3) is 2.36. The van der Waals surface area contributed by atoms with Crippen LogP contribution >= 0.6 is 22.6 Å². The first-order valence-electron chi connectivity index (χ1n) is 4.45. The fourth-order valence-corrected chi connectivity index (χ4v) is 5.10. The zero-order valence-corrected chi connectivity index (χ0v) is 11.2. The van der Waals surface area contributed by atoms with E-state index < -0.39 is 0 Å². The van der Waals surface area contributed by atoms with Crippen molar-refractivity contribution in [3.63, 3.8) is 0 Å². The Labute approximate surface area is 99.1 Å². The van der Waals surface area contributed by atoms with Crippen molar-refractivity contribution in [2.45, 2.75) is 18.2 Å². The van der Waals surface area contributed by atoms with Gasteiger partial charge in [-0.3, -0.25) is 0 Å². The van der Waals surface area contributed by atoms with Crippen LogP contribution in [0.1, 0.15) is 18.4 Å². The molecule has 0 nitrogen and oxygen atoms in total. The molecular weight excluding hydrogens is 338 g/mol. The van der Waals surface area contributed by atoms with Crippen LogP contribution in [-0.2, 0) is 0 Å². The molecule has 0 bridgehead atoms. The molecule has 1 aliphatic heterocycles. The molecule has 1 aromatic rings. The minimum atomic E-state index is 0.784. The van der Waals surface area contributed by atoms with Gasteiger partial charge in [0.25, 0.3) is 0 Å². The van der Waals surface area contributed by atoms with Gasteiger partial charge in [0.2, 0.25) is 0 Å². The Bertz CT molecular complexity index is 308. The maximum atomic E-state index is 2.50. The quantitative estimate of drug-likeness (QED) is 0.536. The van der Waals surface area contributed by atoms with E-state index in [0.29, 0.717) is 0 Å². The van der Waals surface area contributed by atoms with Gasteiger partial charge in [0.1, 0.15) is 0 Å². The topological polar surface area (TPSA) is 0 Å². The third-order valence-electron chi connectivity index (χ3n) is 2.10. The van der Waals surface area contributed by atoms with E-state index in [1.165, 1.54) is 27.3 Å². The van der Waals surface area contributed by atoms with E-state index in [2.05, 4.69) is 52.9 Å². The van der Waals surface area contributed by atoms with Crippen molar-refractivity contribution in [1.29, 1.82) is 0 Å². The molecule has 1 heterocycles. The van der Waals surface area contributed by atoms with Crippen LogP contribution in [-0.4, -0.2) is 15.0 Å². The number of hydrogen-bond donors (Lipinski definition) is 0. The Kier molecular flexibility index (Phi) is 3.47. The van der Waals surface area contributed by atoms with Gasteiger partial charge < -0.3 is 0 Å². The van der Waals surface area contributed by atoms with Crippen molar-refractivity contribution in [1.82, 2.24) is 0 Å². The fourth-order valence-electron chi connectivity index (χ4n) is 1.42. The van der Waals surface area contributed by atoms with E-state index in [-0.39, 0.29) is 0 Å². The van der Waals surface area contributed by atoms with Gasteiger partial charge in [0.05, 0.1) is 0 Å². The summed E-state index contributed by atoms with van der Waals surface area (Å²) in [5.41, 5.74) is 1.40. The number of rotatable bonds is 1. The Balaban J connectivity index is 2.30. The number of halogens is 1. The molecular formula is C11H11ISe. The molecule has 0 atom stereocenters. The Morgan fingerprint density at radius 2 is 2.00 bits per heavy atom. The Morgan fingerprint density at radius 3 is 2.62 bits per heavy atom. The van der Waals surface area contributed by atoms with Crippen LogP contribution < -0.4 is 0 Å². The monoisotopic (exact) mass is 350 g/mol. The van der Waals surface area contributed by atoms with Crippen molar-refractivity contribution in [2.24, 2.45) is 0 Å². The summed E-state index contributed by atoms with van der Waals surface area (Å²) in [6, 6.07) is 10.7. The maximum absolute atomic E-state index is 2.50. The van der Waals surface area contributed by atoms with Crippen LogP contribution in [0.4, 0.5) is 0 Å². The molecule has 68 valence electrons. The Morgan fingerprint density at radius 1 is 1.23 bits per heavy atom. The molecule has 1 fully saturated rings. The van der Waals surface area contributed by atoms with Gasteiger partial charge in [-0.15, -0.1) is 0 Å². The van der Waals surface area contributed by atoms with Gasteiger partial charge in [0.15, 0.2) is 0 Å².